The van der Waals surface area contributed by atoms with Gasteiger partial charge in [-0.15, -0.1) is 0 Å². The summed E-state index contributed by atoms with van der Waals surface area (Å²) in [5.74, 6) is -1.55. The first-order chi connectivity index (χ1) is 8.11. The van der Waals surface area contributed by atoms with Crippen LogP contribution in [0.15, 0.2) is 18.2 Å². The maximum absolute atomic E-state index is 12.9. The quantitative estimate of drug-likeness (QED) is 0.755. The third-order valence-electron chi connectivity index (χ3n) is 2.49. The van der Waals surface area contributed by atoms with Crippen molar-refractivity contribution in [3.63, 3.8) is 0 Å². The second-order valence-corrected chi connectivity index (χ2v) is 3.63. The third-order valence-corrected chi connectivity index (χ3v) is 2.49. The molecule has 4 nitrogen and oxygen atoms in total. The van der Waals surface area contributed by atoms with E-state index in [-0.39, 0.29) is 18.6 Å². The smallest absolute Gasteiger partial charge is 0.339 e. The number of ether oxygens (including phenoxy) is 2. The topological polar surface area (TPSA) is 52.6 Å². The molecule has 1 atom stereocenters. The van der Waals surface area contributed by atoms with Crippen LogP contribution in [-0.2, 0) is 14.3 Å². The Balaban J connectivity index is 2.19. The molecule has 5 heteroatoms. The molecule has 1 aromatic rings. The van der Waals surface area contributed by atoms with Gasteiger partial charge in [-0.1, -0.05) is 6.07 Å². The Kier molecular flexibility index (Phi) is 3.08. The molecule has 1 aliphatic heterocycles. The van der Waals surface area contributed by atoms with E-state index in [0.29, 0.717) is 5.56 Å². The largest absolute Gasteiger partial charge is 0.466 e. The number of rotatable bonds is 3. The highest BCUT2D eigenvalue weighted by atomic mass is 19.1. The number of benzene rings is 1. The average molecular weight is 238 g/mol. The van der Waals surface area contributed by atoms with E-state index in [2.05, 4.69) is 0 Å². The molecule has 0 N–H and O–H groups in total. The Labute approximate surface area is 97.3 Å². The van der Waals surface area contributed by atoms with Crippen LogP contribution in [0.1, 0.15) is 35.4 Å². The molecule has 0 fully saturated rings. The zero-order chi connectivity index (χ0) is 12.4. The lowest BCUT2D eigenvalue weighted by atomic mass is 10.0. The van der Waals surface area contributed by atoms with Crippen molar-refractivity contribution in [2.45, 2.75) is 19.4 Å². The zero-order valence-electron chi connectivity index (χ0n) is 9.23. The molecule has 0 aliphatic carbocycles. The number of cyclic esters (lactones) is 1. The average Bonchev–Trinajstić information content (AvgIpc) is 2.56. The van der Waals surface area contributed by atoms with Crippen LogP contribution in [0, 0.1) is 5.82 Å². The molecular formula is C12H11FO4. The highest BCUT2D eigenvalue weighted by Crippen LogP contribution is 2.33. The van der Waals surface area contributed by atoms with Gasteiger partial charge in [0.1, 0.15) is 11.9 Å². The summed E-state index contributed by atoms with van der Waals surface area (Å²) >= 11 is 0. The van der Waals surface area contributed by atoms with Gasteiger partial charge in [0.25, 0.3) is 0 Å². The van der Waals surface area contributed by atoms with Gasteiger partial charge in [-0.3, -0.25) is 4.79 Å². The summed E-state index contributed by atoms with van der Waals surface area (Å²) < 4.78 is 22.7. The lowest BCUT2D eigenvalue weighted by Crippen LogP contribution is -2.10. The molecule has 1 aliphatic rings. The van der Waals surface area contributed by atoms with Crippen molar-refractivity contribution in [1.29, 1.82) is 0 Å². The molecule has 0 bridgehead atoms. The second kappa shape index (κ2) is 4.53. The Hall–Kier alpha value is -1.91. The van der Waals surface area contributed by atoms with E-state index >= 15 is 0 Å². The van der Waals surface area contributed by atoms with Crippen LogP contribution in [0.5, 0.6) is 0 Å². The molecular weight excluding hydrogens is 227 g/mol. The summed E-state index contributed by atoms with van der Waals surface area (Å²) in [4.78, 5) is 22.7. The predicted molar refractivity (Wildman–Crippen MR) is 55.8 cm³/mol. The van der Waals surface area contributed by atoms with Gasteiger partial charge in [-0.25, -0.2) is 9.18 Å². The van der Waals surface area contributed by atoms with E-state index in [1.807, 2.05) is 0 Å². The molecule has 0 unspecified atom stereocenters. The van der Waals surface area contributed by atoms with Gasteiger partial charge in [0.2, 0.25) is 0 Å². The fourth-order valence-electron chi connectivity index (χ4n) is 1.77. The van der Waals surface area contributed by atoms with E-state index in [1.54, 1.807) is 6.92 Å². The molecule has 0 spiro atoms. The van der Waals surface area contributed by atoms with Crippen molar-refractivity contribution >= 4 is 11.9 Å². The molecule has 0 amide bonds. The zero-order valence-corrected chi connectivity index (χ0v) is 9.23. The van der Waals surface area contributed by atoms with E-state index in [4.69, 9.17) is 9.47 Å². The van der Waals surface area contributed by atoms with Crippen molar-refractivity contribution in [3.8, 4) is 0 Å². The first kappa shape index (κ1) is 11.6. The summed E-state index contributed by atoms with van der Waals surface area (Å²) in [5, 5.41) is 0. The Morgan fingerprint density at radius 3 is 3.00 bits per heavy atom. The Bertz CT molecular complexity index is 470. The molecule has 0 radical (unpaired) electrons. The van der Waals surface area contributed by atoms with Crippen LogP contribution in [0.2, 0.25) is 0 Å². The molecule has 0 saturated heterocycles. The van der Waals surface area contributed by atoms with E-state index in [9.17, 15) is 14.0 Å². The summed E-state index contributed by atoms with van der Waals surface area (Å²) in [6.07, 6.45) is -0.713. The number of hydrogen-bond acceptors (Lipinski definition) is 4. The highest BCUT2D eigenvalue weighted by molar-refractivity contribution is 5.94. The van der Waals surface area contributed by atoms with Crippen molar-refractivity contribution in [3.05, 3.63) is 35.1 Å². The third kappa shape index (κ3) is 2.27. The highest BCUT2D eigenvalue weighted by Gasteiger charge is 2.33. The Morgan fingerprint density at radius 1 is 1.53 bits per heavy atom. The van der Waals surface area contributed by atoms with Crippen LogP contribution < -0.4 is 0 Å². The fourth-order valence-corrected chi connectivity index (χ4v) is 1.77. The van der Waals surface area contributed by atoms with Crippen molar-refractivity contribution in [2.24, 2.45) is 0 Å². The number of carbonyl (C=O) groups is 2. The number of hydrogen-bond donors (Lipinski definition) is 0. The minimum atomic E-state index is -0.669. The van der Waals surface area contributed by atoms with Crippen molar-refractivity contribution in [2.75, 3.05) is 6.61 Å². The van der Waals surface area contributed by atoms with Crippen LogP contribution in [0.3, 0.4) is 0 Å². The summed E-state index contributed by atoms with van der Waals surface area (Å²) in [5.41, 5.74) is 0.712. The first-order valence-corrected chi connectivity index (χ1v) is 5.28. The standard InChI is InChI=1S/C12H11FO4/c1-2-16-11(14)6-10-8-4-3-7(13)5-9(8)12(15)17-10/h3-5,10H,2,6H2,1H3/t10-/m0/s1. The SMILES string of the molecule is CCOC(=O)C[C@@H]1OC(=O)c2cc(F)ccc21. The number of carbonyl (C=O) groups excluding carboxylic acids is 2. The van der Waals surface area contributed by atoms with Gasteiger partial charge in [0, 0.05) is 5.56 Å². The lowest BCUT2D eigenvalue weighted by molar-refractivity contribution is -0.145. The Morgan fingerprint density at radius 2 is 2.29 bits per heavy atom. The maximum atomic E-state index is 12.9. The van der Waals surface area contributed by atoms with E-state index in [1.165, 1.54) is 12.1 Å². The molecule has 0 saturated carbocycles. The van der Waals surface area contributed by atoms with E-state index in [0.717, 1.165) is 6.07 Å². The number of halogens is 1. The van der Waals surface area contributed by atoms with E-state index < -0.39 is 23.9 Å². The summed E-state index contributed by atoms with van der Waals surface area (Å²) in [6, 6.07) is 3.81. The maximum Gasteiger partial charge on any atom is 0.339 e. The molecule has 17 heavy (non-hydrogen) atoms. The van der Waals surface area contributed by atoms with Gasteiger partial charge in [-0.05, 0) is 19.1 Å². The van der Waals surface area contributed by atoms with Gasteiger partial charge >= 0.3 is 11.9 Å². The van der Waals surface area contributed by atoms with Crippen molar-refractivity contribution < 1.29 is 23.5 Å². The van der Waals surface area contributed by atoms with Gasteiger partial charge in [0.15, 0.2) is 0 Å². The molecule has 0 aromatic heterocycles. The second-order valence-electron chi connectivity index (χ2n) is 3.63. The van der Waals surface area contributed by atoms with Crippen LogP contribution in [-0.4, -0.2) is 18.5 Å². The van der Waals surface area contributed by atoms with Gasteiger partial charge in [-0.2, -0.15) is 0 Å². The first-order valence-electron chi connectivity index (χ1n) is 5.28. The van der Waals surface area contributed by atoms with Crippen molar-refractivity contribution in [1.82, 2.24) is 0 Å². The summed E-state index contributed by atoms with van der Waals surface area (Å²) in [7, 11) is 0. The monoisotopic (exact) mass is 238 g/mol. The fraction of sp³-hybridized carbons (Fsp3) is 0.333. The van der Waals surface area contributed by atoms with Gasteiger partial charge in [0.05, 0.1) is 18.6 Å². The minimum absolute atomic E-state index is 0.0434. The van der Waals surface area contributed by atoms with Crippen LogP contribution in [0.25, 0.3) is 0 Å². The number of fused-ring (bicyclic) bond motifs is 1. The normalized spacial score (nSPS) is 17.5. The summed E-state index contributed by atoms with van der Waals surface area (Å²) in [6.45, 7) is 1.97. The molecule has 90 valence electrons. The minimum Gasteiger partial charge on any atom is -0.466 e. The molecule has 2 rings (SSSR count). The number of esters is 2. The van der Waals surface area contributed by atoms with Crippen LogP contribution >= 0.6 is 0 Å². The van der Waals surface area contributed by atoms with Gasteiger partial charge < -0.3 is 9.47 Å². The van der Waals surface area contributed by atoms with Crippen LogP contribution in [0.4, 0.5) is 4.39 Å². The molecule has 1 heterocycles. The predicted octanol–water partition coefficient (Wildman–Crippen LogP) is 1.99. The lowest BCUT2D eigenvalue weighted by Gasteiger charge is -2.09. The molecule has 1 aromatic carbocycles.